The van der Waals surface area contributed by atoms with Crippen LogP contribution in [0.5, 0.6) is 0 Å². The number of Topliss-reactive ketones (excluding diaryl/α,β-unsaturated/α-hetero) is 1. The van der Waals surface area contributed by atoms with Crippen LogP contribution in [0.15, 0.2) is 30.3 Å². The standard InChI is InChI=1S/C13H14N2O3/c1-9(16)7-12(17)11(8-14)13(18)15-10-5-3-2-4-6-10/h2-6,9,11,16H,7H2,1H3,(H,15,18). The van der Waals surface area contributed by atoms with Gasteiger partial charge in [0.1, 0.15) is 0 Å². The van der Waals surface area contributed by atoms with Gasteiger partial charge in [-0.3, -0.25) is 9.59 Å². The molecular formula is C13H14N2O3. The Bertz CT molecular complexity index is 463. The fourth-order valence-corrected chi connectivity index (χ4v) is 1.42. The van der Waals surface area contributed by atoms with Crippen molar-refractivity contribution in [1.29, 1.82) is 5.26 Å². The van der Waals surface area contributed by atoms with Gasteiger partial charge in [0.05, 0.1) is 12.2 Å². The molecule has 0 radical (unpaired) electrons. The van der Waals surface area contributed by atoms with Crippen LogP contribution in [0, 0.1) is 17.2 Å². The molecule has 18 heavy (non-hydrogen) atoms. The van der Waals surface area contributed by atoms with Crippen molar-refractivity contribution >= 4 is 17.4 Å². The van der Waals surface area contributed by atoms with Crippen LogP contribution >= 0.6 is 0 Å². The van der Waals surface area contributed by atoms with E-state index < -0.39 is 23.7 Å². The smallest absolute Gasteiger partial charge is 0.249 e. The highest BCUT2D eigenvalue weighted by Gasteiger charge is 2.26. The van der Waals surface area contributed by atoms with E-state index in [1.165, 1.54) is 6.92 Å². The lowest BCUT2D eigenvalue weighted by atomic mass is 10.00. The van der Waals surface area contributed by atoms with Gasteiger partial charge in [-0.25, -0.2) is 0 Å². The maximum atomic E-state index is 11.7. The van der Waals surface area contributed by atoms with Gasteiger partial charge in [0, 0.05) is 12.1 Å². The second-order valence-electron chi connectivity index (χ2n) is 3.94. The number of nitrogens with zero attached hydrogens (tertiary/aromatic N) is 1. The van der Waals surface area contributed by atoms with Gasteiger partial charge in [-0.15, -0.1) is 0 Å². The summed E-state index contributed by atoms with van der Waals surface area (Å²) in [6.45, 7) is 1.43. The number of anilines is 1. The van der Waals surface area contributed by atoms with Crippen molar-refractivity contribution in [2.45, 2.75) is 19.4 Å². The molecule has 1 rings (SSSR count). The predicted molar refractivity (Wildman–Crippen MR) is 65.5 cm³/mol. The highest BCUT2D eigenvalue weighted by Crippen LogP contribution is 2.10. The molecule has 5 heteroatoms. The van der Waals surface area contributed by atoms with Gasteiger partial charge in [0.2, 0.25) is 5.91 Å². The SMILES string of the molecule is CC(O)CC(=O)C(C#N)C(=O)Nc1ccccc1. The number of aliphatic hydroxyl groups excluding tert-OH is 1. The summed E-state index contributed by atoms with van der Waals surface area (Å²) in [6.07, 6.45) is -1.07. The maximum Gasteiger partial charge on any atom is 0.249 e. The van der Waals surface area contributed by atoms with E-state index in [0.29, 0.717) is 5.69 Å². The number of aliphatic hydroxyl groups is 1. The molecule has 1 aromatic rings. The van der Waals surface area contributed by atoms with Crippen molar-refractivity contribution in [3.8, 4) is 6.07 Å². The van der Waals surface area contributed by atoms with Crippen molar-refractivity contribution in [2.75, 3.05) is 5.32 Å². The fraction of sp³-hybridized carbons (Fsp3) is 0.308. The van der Waals surface area contributed by atoms with Crippen LogP contribution in [0.4, 0.5) is 5.69 Å². The van der Waals surface area contributed by atoms with Gasteiger partial charge in [0.15, 0.2) is 11.7 Å². The van der Waals surface area contributed by atoms with E-state index in [2.05, 4.69) is 5.32 Å². The van der Waals surface area contributed by atoms with Gasteiger partial charge in [0.25, 0.3) is 0 Å². The number of hydrogen-bond donors (Lipinski definition) is 2. The Kier molecular flexibility index (Phi) is 5.03. The minimum Gasteiger partial charge on any atom is -0.393 e. The number of benzene rings is 1. The number of hydrogen-bond acceptors (Lipinski definition) is 4. The van der Waals surface area contributed by atoms with Crippen LogP contribution in [-0.2, 0) is 9.59 Å². The van der Waals surface area contributed by atoms with E-state index in [1.54, 1.807) is 36.4 Å². The molecule has 0 fully saturated rings. The molecule has 1 amide bonds. The molecule has 0 spiro atoms. The van der Waals surface area contributed by atoms with Gasteiger partial charge in [-0.1, -0.05) is 18.2 Å². The Labute approximate surface area is 105 Å². The summed E-state index contributed by atoms with van der Waals surface area (Å²) in [5.74, 6) is -2.64. The summed E-state index contributed by atoms with van der Waals surface area (Å²) in [7, 11) is 0. The summed E-state index contributed by atoms with van der Waals surface area (Å²) in [5, 5.41) is 20.4. The molecule has 1 aromatic carbocycles. The van der Waals surface area contributed by atoms with Crippen molar-refractivity contribution in [3.63, 3.8) is 0 Å². The first-order chi connectivity index (χ1) is 8.54. The van der Waals surface area contributed by atoms with E-state index in [-0.39, 0.29) is 6.42 Å². The maximum absolute atomic E-state index is 11.7. The van der Waals surface area contributed by atoms with Gasteiger partial charge >= 0.3 is 0 Å². The minimum absolute atomic E-state index is 0.208. The molecule has 2 atom stereocenters. The Balaban J connectivity index is 2.69. The zero-order valence-corrected chi connectivity index (χ0v) is 9.96. The van der Waals surface area contributed by atoms with E-state index in [0.717, 1.165) is 0 Å². The quantitative estimate of drug-likeness (QED) is 0.761. The zero-order chi connectivity index (χ0) is 13.5. The molecule has 5 nitrogen and oxygen atoms in total. The molecule has 0 aliphatic carbocycles. The third kappa shape index (κ3) is 4.00. The highest BCUT2D eigenvalue weighted by molar-refractivity contribution is 6.09. The van der Waals surface area contributed by atoms with E-state index in [4.69, 9.17) is 10.4 Å². The number of rotatable bonds is 5. The summed E-state index contributed by atoms with van der Waals surface area (Å²) < 4.78 is 0. The first-order valence-electron chi connectivity index (χ1n) is 5.51. The number of carbonyl (C=O) groups is 2. The number of carbonyl (C=O) groups excluding carboxylic acids is 2. The van der Waals surface area contributed by atoms with Gasteiger partial charge in [-0.2, -0.15) is 5.26 Å². The molecule has 0 aromatic heterocycles. The normalized spacial score (nSPS) is 13.2. The summed E-state index contributed by atoms with van der Waals surface area (Å²) in [6, 6.07) is 10.2. The van der Waals surface area contributed by atoms with Gasteiger partial charge in [-0.05, 0) is 19.1 Å². The Morgan fingerprint density at radius 1 is 1.39 bits per heavy atom. The van der Waals surface area contributed by atoms with Crippen molar-refractivity contribution in [1.82, 2.24) is 0 Å². The van der Waals surface area contributed by atoms with Crippen molar-refractivity contribution in [2.24, 2.45) is 5.92 Å². The Morgan fingerprint density at radius 2 is 2.00 bits per heavy atom. The third-order valence-corrected chi connectivity index (χ3v) is 2.25. The lowest BCUT2D eigenvalue weighted by Gasteiger charge is -2.10. The predicted octanol–water partition coefficient (Wildman–Crippen LogP) is 1.10. The topological polar surface area (TPSA) is 90.2 Å². The summed E-state index contributed by atoms with van der Waals surface area (Å²) in [4.78, 5) is 23.3. The molecule has 0 heterocycles. The van der Waals surface area contributed by atoms with Crippen LogP contribution < -0.4 is 5.32 Å². The Morgan fingerprint density at radius 3 is 2.50 bits per heavy atom. The molecule has 94 valence electrons. The van der Waals surface area contributed by atoms with Crippen LogP contribution in [0.2, 0.25) is 0 Å². The number of nitrogens with one attached hydrogen (secondary N) is 1. The zero-order valence-electron chi connectivity index (χ0n) is 9.96. The van der Waals surface area contributed by atoms with Crippen molar-refractivity contribution < 1.29 is 14.7 Å². The van der Waals surface area contributed by atoms with Gasteiger partial charge < -0.3 is 10.4 Å². The van der Waals surface area contributed by atoms with Crippen LogP contribution in [0.1, 0.15) is 13.3 Å². The molecule has 0 bridgehead atoms. The molecule has 0 aliphatic heterocycles. The Hall–Kier alpha value is -2.19. The van der Waals surface area contributed by atoms with Crippen LogP contribution in [0.25, 0.3) is 0 Å². The average Bonchev–Trinajstić information content (AvgIpc) is 2.30. The molecular weight excluding hydrogens is 232 g/mol. The lowest BCUT2D eigenvalue weighted by molar-refractivity contribution is -0.129. The number of nitriles is 1. The molecule has 0 saturated heterocycles. The molecule has 0 aliphatic rings. The highest BCUT2D eigenvalue weighted by atomic mass is 16.3. The molecule has 2 N–H and O–H groups in total. The minimum atomic E-state index is -1.39. The number of para-hydroxylation sites is 1. The largest absolute Gasteiger partial charge is 0.393 e. The lowest BCUT2D eigenvalue weighted by Crippen LogP contribution is -2.30. The fourth-order valence-electron chi connectivity index (χ4n) is 1.42. The van der Waals surface area contributed by atoms with Crippen LogP contribution in [-0.4, -0.2) is 22.9 Å². The summed E-state index contributed by atoms with van der Waals surface area (Å²) >= 11 is 0. The number of ketones is 1. The van der Waals surface area contributed by atoms with E-state index >= 15 is 0 Å². The number of amides is 1. The first-order valence-corrected chi connectivity index (χ1v) is 5.51. The average molecular weight is 246 g/mol. The van der Waals surface area contributed by atoms with E-state index in [1.807, 2.05) is 0 Å². The monoisotopic (exact) mass is 246 g/mol. The third-order valence-electron chi connectivity index (χ3n) is 2.25. The first kappa shape index (κ1) is 13.9. The van der Waals surface area contributed by atoms with Crippen LogP contribution in [0.3, 0.4) is 0 Å². The summed E-state index contributed by atoms with van der Waals surface area (Å²) in [5.41, 5.74) is 0.521. The molecule has 0 saturated carbocycles. The second-order valence-corrected chi connectivity index (χ2v) is 3.94. The molecule has 2 unspecified atom stereocenters. The van der Waals surface area contributed by atoms with Crippen molar-refractivity contribution in [3.05, 3.63) is 30.3 Å². The second kappa shape index (κ2) is 6.52. The van der Waals surface area contributed by atoms with E-state index in [9.17, 15) is 9.59 Å².